The molecule has 0 bridgehead atoms. The van der Waals surface area contributed by atoms with E-state index in [2.05, 4.69) is 10.3 Å². The smallest absolute Gasteiger partial charge is 0.409 e. The second-order valence-electron chi connectivity index (χ2n) is 6.23. The highest BCUT2D eigenvalue weighted by molar-refractivity contribution is 7.14. The van der Waals surface area contributed by atoms with E-state index in [0.29, 0.717) is 54.9 Å². The fraction of sp³-hybridized carbons (Fsp3) is 0.444. The second-order valence-corrected chi connectivity index (χ2v) is 7.09. The van der Waals surface area contributed by atoms with Crippen LogP contribution in [0.3, 0.4) is 0 Å². The lowest BCUT2D eigenvalue weighted by Crippen LogP contribution is -2.51. The third-order valence-electron chi connectivity index (χ3n) is 4.37. The maximum Gasteiger partial charge on any atom is 0.409 e. The van der Waals surface area contributed by atoms with Gasteiger partial charge in [-0.15, -0.1) is 11.3 Å². The van der Waals surface area contributed by atoms with E-state index in [-0.39, 0.29) is 24.3 Å². The molecule has 0 spiro atoms. The summed E-state index contributed by atoms with van der Waals surface area (Å²) in [6.07, 6.45) is 1.26. The molecule has 0 unspecified atom stereocenters. The summed E-state index contributed by atoms with van der Waals surface area (Å²) in [7, 11) is 0. The van der Waals surface area contributed by atoms with Crippen LogP contribution in [-0.2, 0) is 16.0 Å². The van der Waals surface area contributed by atoms with E-state index in [0.717, 1.165) is 0 Å². The molecule has 2 aromatic rings. The van der Waals surface area contributed by atoms with Crippen LogP contribution in [-0.4, -0.2) is 65.5 Å². The highest BCUT2D eigenvalue weighted by atomic mass is 32.1. The van der Waals surface area contributed by atoms with Gasteiger partial charge in [0, 0.05) is 31.6 Å². The summed E-state index contributed by atoms with van der Waals surface area (Å²) in [4.78, 5) is 44.0. The summed E-state index contributed by atoms with van der Waals surface area (Å²) in [6, 6.07) is 1.60. The quantitative estimate of drug-likeness (QED) is 0.816. The largest absolute Gasteiger partial charge is 0.469 e. The van der Waals surface area contributed by atoms with Crippen LogP contribution in [0.5, 0.6) is 0 Å². The number of hydrogen-bond donors (Lipinski definition) is 1. The normalized spacial score (nSPS) is 14.1. The van der Waals surface area contributed by atoms with Crippen LogP contribution >= 0.6 is 11.3 Å². The molecule has 0 saturated carbocycles. The number of nitrogens with one attached hydrogen (secondary N) is 1. The SMILES string of the molecule is CCOC(=O)N1CCN(C(=O)Cc2csc(NC(=O)c3ccoc3C)n2)CC1. The summed E-state index contributed by atoms with van der Waals surface area (Å²) in [5.41, 5.74) is 1.05. The van der Waals surface area contributed by atoms with E-state index in [9.17, 15) is 14.4 Å². The topological polar surface area (TPSA) is 105 Å². The van der Waals surface area contributed by atoms with Crippen molar-refractivity contribution >= 4 is 34.4 Å². The molecule has 0 aromatic carbocycles. The number of piperazine rings is 1. The number of thiazole rings is 1. The third kappa shape index (κ3) is 4.69. The van der Waals surface area contributed by atoms with Crippen molar-refractivity contribution in [3.05, 3.63) is 34.7 Å². The number of carbonyl (C=O) groups is 3. The van der Waals surface area contributed by atoms with Gasteiger partial charge in [-0.2, -0.15) is 0 Å². The van der Waals surface area contributed by atoms with Gasteiger partial charge in [0.05, 0.1) is 30.5 Å². The van der Waals surface area contributed by atoms with Crippen molar-refractivity contribution in [2.24, 2.45) is 0 Å². The Morgan fingerprint density at radius 1 is 1.25 bits per heavy atom. The Hall–Kier alpha value is -2.88. The Morgan fingerprint density at radius 2 is 1.96 bits per heavy atom. The predicted octanol–water partition coefficient (Wildman–Crippen LogP) is 2.14. The van der Waals surface area contributed by atoms with Crippen LogP contribution in [0.2, 0.25) is 0 Å². The molecular formula is C18H22N4O5S. The standard InChI is InChI=1S/C18H22N4O5S/c1-3-26-18(25)22-7-5-21(6-8-22)15(23)10-13-11-28-17(19-13)20-16(24)14-4-9-27-12(14)2/h4,9,11H,3,5-8,10H2,1-2H3,(H,19,20,24). The zero-order valence-electron chi connectivity index (χ0n) is 15.8. The molecule has 28 heavy (non-hydrogen) atoms. The highest BCUT2D eigenvalue weighted by Crippen LogP contribution is 2.19. The lowest BCUT2D eigenvalue weighted by molar-refractivity contribution is -0.132. The molecule has 1 N–H and O–H groups in total. The number of ether oxygens (including phenoxy) is 1. The van der Waals surface area contributed by atoms with Gasteiger partial charge >= 0.3 is 6.09 Å². The number of rotatable bonds is 5. The molecule has 3 amide bonds. The molecule has 150 valence electrons. The van der Waals surface area contributed by atoms with Gasteiger partial charge in [-0.3, -0.25) is 14.9 Å². The van der Waals surface area contributed by atoms with Crippen LogP contribution in [0, 0.1) is 6.92 Å². The van der Waals surface area contributed by atoms with Gasteiger partial charge in [-0.25, -0.2) is 9.78 Å². The number of aromatic nitrogens is 1. The lowest BCUT2D eigenvalue weighted by atomic mass is 10.2. The van der Waals surface area contributed by atoms with Gasteiger partial charge in [0.1, 0.15) is 5.76 Å². The molecule has 1 fully saturated rings. The molecule has 3 rings (SSSR count). The average molecular weight is 406 g/mol. The number of anilines is 1. The maximum atomic E-state index is 12.5. The summed E-state index contributed by atoms with van der Waals surface area (Å²) < 4.78 is 10.1. The van der Waals surface area contributed by atoms with E-state index in [1.54, 1.807) is 35.1 Å². The number of hydrogen-bond acceptors (Lipinski definition) is 7. The molecule has 0 radical (unpaired) electrons. The van der Waals surface area contributed by atoms with Crippen molar-refractivity contribution in [2.75, 3.05) is 38.1 Å². The predicted molar refractivity (Wildman–Crippen MR) is 102 cm³/mol. The first-order valence-corrected chi connectivity index (χ1v) is 9.85. The molecule has 0 aliphatic carbocycles. The monoisotopic (exact) mass is 406 g/mol. The van der Waals surface area contributed by atoms with Gasteiger partial charge < -0.3 is 19.0 Å². The molecule has 2 aromatic heterocycles. The minimum atomic E-state index is -0.345. The van der Waals surface area contributed by atoms with Crippen LogP contribution in [0.25, 0.3) is 0 Å². The minimum absolute atomic E-state index is 0.0580. The Balaban J connectivity index is 1.50. The molecule has 9 nitrogen and oxygen atoms in total. The molecule has 1 aliphatic rings. The number of carbonyl (C=O) groups excluding carboxylic acids is 3. The number of aryl methyl sites for hydroxylation is 1. The first-order chi connectivity index (χ1) is 13.5. The van der Waals surface area contributed by atoms with E-state index in [1.807, 2.05) is 0 Å². The van der Waals surface area contributed by atoms with Gasteiger partial charge in [-0.1, -0.05) is 0 Å². The summed E-state index contributed by atoms with van der Waals surface area (Å²) >= 11 is 1.27. The second kappa shape index (κ2) is 8.87. The van der Waals surface area contributed by atoms with Crippen molar-refractivity contribution < 1.29 is 23.5 Å². The fourth-order valence-electron chi connectivity index (χ4n) is 2.85. The molecule has 3 heterocycles. The van der Waals surface area contributed by atoms with Crippen molar-refractivity contribution in [2.45, 2.75) is 20.3 Å². The number of furan rings is 1. The Kier molecular flexibility index (Phi) is 6.30. The molecule has 0 atom stereocenters. The average Bonchev–Trinajstić information content (AvgIpc) is 3.30. The van der Waals surface area contributed by atoms with Crippen LogP contribution in [0.4, 0.5) is 9.93 Å². The van der Waals surface area contributed by atoms with Crippen LogP contribution < -0.4 is 5.32 Å². The fourth-order valence-corrected chi connectivity index (χ4v) is 3.56. The van der Waals surface area contributed by atoms with Crippen molar-refractivity contribution in [3.63, 3.8) is 0 Å². The van der Waals surface area contributed by atoms with Crippen molar-refractivity contribution in [1.29, 1.82) is 0 Å². The molecule has 1 aliphatic heterocycles. The Morgan fingerprint density at radius 3 is 2.61 bits per heavy atom. The zero-order valence-corrected chi connectivity index (χ0v) is 16.6. The zero-order chi connectivity index (χ0) is 20.1. The molecule has 10 heteroatoms. The molecular weight excluding hydrogens is 384 g/mol. The first-order valence-electron chi connectivity index (χ1n) is 8.97. The van der Waals surface area contributed by atoms with Gasteiger partial charge in [0.2, 0.25) is 5.91 Å². The summed E-state index contributed by atoms with van der Waals surface area (Å²) in [6.45, 7) is 5.64. The van der Waals surface area contributed by atoms with Gasteiger partial charge in [-0.05, 0) is 19.9 Å². The third-order valence-corrected chi connectivity index (χ3v) is 5.17. The van der Waals surface area contributed by atoms with Crippen molar-refractivity contribution in [1.82, 2.24) is 14.8 Å². The minimum Gasteiger partial charge on any atom is -0.469 e. The van der Waals surface area contributed by atoms with E-state index >= 15 is 0 Å². The van der Waals surface area contributed by atoms with Gasteiger partial charge in [0.15, 0.2) is 5.13 Å². The highest BCUT2D eigenvalue weighted by Gasteiger charge is 2.25. The maximum absolute atomic E-state index is 12.5. The molecule has 1 saturated heterocycles. The Bertz CT molecular complexity index is 854. The first kappa shape index (κ1) is 19.9. The lowest BCUT2D eigenvalue weighted by Gasteiger charge is -2.34. The summed E-state index contributed by atoms with van der Waals surface area (Å²) in [5, 5.41) is 4.90. The van der Waals surface area contributed by atoms with Gasteiger partial charge in [0.25, 0.3) is 5.91 Å². The van der Waals surface area contributed by atoms with E-state index in [4.69, 9.17) is 9.15 Å². The number of amides is 3. The van der Waals surface area contributed by atoms with Crippen LogP contribution in [0.1, 0.15) is 28.7 Å². The van der Waals surface area contributed by atoms with Crippen molar-refractivity contribution in [3.8, 4) is 0 Å². The number of nitrogens with zero attached hydrogens (tertiary/aromatic N) is 3. The summed E-state index contributed by atoms with van der Waals surface area (Å²) in [5.74, 6) is 0.178. The van der Waals surface area contributed by atoms with E-state index < -0.39 is 0 Å². The van der Waals surface area contributed by atoms with Crippen LogP contribution in [0.15, 0.2) is 22.1 Å². The van der Waals surface area contributed by atoms with E-state index in [1.165, 1.54) is 17.6 Å². The Labute approximate surface area is 166 Å².